The summed E-state index contributed by atoms with van der Waals surface area (Å²) in [6.07, 6.45) is 7.97. The molecule has 1 amide bonds. The zero-order valence-corrected chi connectivity index (χ0v) is 20.4. The Balaban J connectivity index is 1.03. The summed E-state index contributed by atoms with van der Waals surface area (Å²) in [5.74, 6) is 3.39. The van der Waals surface area contributed by atoms with Crippen LogP contribution in [0.25, 0.3) is 11.3 Å². The van der Waals surface area contributed by atoms with Gasteiger partial charge in [0.15, 0.2) is 11.7 Å². The fraction of sp³-hybridized carbons (Fsp3) is 0.464. The average molecular weight is 474 g/mol. The lowest BCUT2D eigenvalue weighted by molar-refractivity contribution is -0.133. The molecule has 2 aliphatic rings. The Labute approximate surface area is 207 Å². The van der Waals surface area contributed by atoms with Crippen LogP contribution < -0.4 is 4.90 Å². The summed E-state index contributed by atoms with van der Waals surface area (Å²) >= 11 is 0. The van der Waals surface area contributed by atoms with Gasteiger partial charge in [-0.05, 0) is 37.3 Å². The highest BCUT2D eigenvalue weighted by atomic mass is 16.4. The number of nitrogens with zero attached hydrogens (tertiary/aromatic N) is 5. The molecule has 2 saturated heterocycles. The lowest BCUT2D eigenvalue weighted by atomic mass is 9.96. The summed E-state index contributed by atoms with van der Waals surface area (Å²) in [6.45, 7) is 7.00. The van der Waals surface area contributed by atoms with Crippen molar-refractivity contribution in [3.8, 4) is 11.3 Å². The van der Waals surface area contributed by atoms with Crippen molar-refractivity contribution in [2.45, 2.75) is 32.1 Å². The van der Waals surface area contributed by atoms with Crippen molar-refractivity contribution < 1.29 is 9.21 Å². The van der Waals surface area contributed by atoms with Crippen molar-refractivity contribution in [2.75, 3.05) is 50.7 Å². The first-order valence-corrected chi connectivity index (χ1v) is 12.9. The van der Waals surface area contributed by atoms with Crippen LogP contribution >= 0.6 is 0 Å². The van der Waals surface area contributed by atoms with E-state index in [1.54, 1.807) is 6.20 Å². The van der Waals surface area contributed by atoms with Crippen LogP contribution in [0.1, 0.15) is 31.6 Å². The normalized spacial score (nSPS) is 19.1. The number of piperidine rings is 1. The van der Waals surface area contributed by atoms with E-state index in [4.69, 9.17) is 4.42 Å². The van der Waals surface area contributed by atoms with Gasteiger partial charge in [-0.1, -0.05) is 36.4 Å². The Kier molecular flexibility index (Phi) is 7.73. The molecule has 0 saturated carbocycles. The molecule has 35 heavy (non-hydrogen) atoms. The maximum atomic E-state index is 12.9. The average Bonchev–Trinajstić information content (AvgIpc) is 3.39. The Morgan fingerprint density at radius 3 is 2.60 bits per heavy atom. The maximum Gasteiger partial charge on any atom is 0.222 e. The quantitative estimate of drug-likeness (QED) is 0.490. The molecule has 0 bridgehead atoms. The van der Waals surface area contributed by atoms with E-state index in [1.165, 1.54) is 6.42 Å². The number of carbonyl (C=O) groups excluding carboxylic acids is 1. The minimum Gasteiger partial charge on any atom is -0.441 e. The standard InChI is InChI=1S/C28H35N5O2/c34-28(13-6-12-27-30-20-25(35-27)24-9-2-1-3-10-24)33-15-7-8-23(22-33)21-31-16-18-32(19-17-31)26-11-4-5-14-29-26/h1-5,9-11,14,20,23H,6-8,12-13,15-19,21-22H2. The third-order valence-corrected chi connectivity index (χ3v) is 7.13. The predicted molar refractivity (Wildman–Crippen MR) is 137 cm³/mol. The van der Waals surface area contributed by atoms with E-state index in [9.17, 15) is 4.79 Å². The minimum absolute atomic E-state index is 0.268. The second-order valence-corrected chi connectivity index (χ2v) is 9.66. The highest BCUT2D eigenvalue weighted by molar-refractivity contribution is 5.76. The number of hydrogen-bond donors (Lipinski definition) is 0. The van der Waals surface area contributed by atoms with Gasteiger partial charge in [-0.25, -0.2) is 9.97 Å². The molecule has 0 aliphatic carbocycles. The number of benzene rings is 1. The number of likely N-dealkylation sites (tertiary alicyclic amines) is 1. The van der Waals surface area contributed by atoms with Gasteiger partial charge in [-0.3, -0.25) is 9.69 Å². The van der Waals surface area contributed by atoms with Gasteiger partial charge in [0.2, 0.25) is 5.91 Å². The first-order valence-electron chi connectivity index (χ1n) is 12.9. The molecule has 4 heterocycles. The van der Waals surface area contributed by atoms with E-state index in [2.05, 4.69) is 36.8 Å². The highest BCUT2D eigenvalue weighted by Crippen LogP contribution is 2.22. The maximum absolute atomic E-state index is 12.9. The third kappa shape index (κ3) is 6.28. The molecule has 2 fully saturated rings. The van der Waals surface area contributed by atoms with Crippen LogP contribution in [-0.2, 0) is 11.2 Å². The molecule has 7 heteroatoms. The first-order chi connectivity index (χ1) is 17.2. The minimum atomic E-state index is 0.268. The zero-order chi connectivity index (χ0) is 23.9. The van der Waals surface area contributed by atoms with E-state index in [1.807, 2.05) is 42.6 Å². The van der Waals surface area contributed by atoms with Crippen LogP contribution in [0.5, 0.6) is 0 Å². The van der Waals surface area contributed by atoms with Crippen LogP contribution in [0.4, 0.5) is 5.82 Å². The van der Waals surface area contributed by atoms with Crippen LogP contribution in [0, 0.1) is 5.92 Å². The van der Waals surface area contributed by atoms with Crippen molar-refractivity contribution in [3.05, 3.63) is 66.8 Å². The van der Waals surface area contributed by atoms with Crippen LogP contribution in [0.3, 0.4) is 0 Å². The number of carbonyl (C=O) groups is 1. The molecule has 7 nitrogen and oxygen atoms in total. The Morgan fingerprint density at radius 1 is 0.971 bits per heavy atom. The molecule has 0 spiro atoms. The Hall–Kier alpha value is -3.19. The topological polar surface area (TPSA) is 65.7 Å². The molecule has 3 aromatic rings. The smallest absolute Gasteiger partial charge is 0.222 e. The number of aromatic nitrogens is 2. The monoisotopic (exact) mass is 473 g/mol. The lowest BCUT2D eigenvalue weighted by Gasteiger charge is -2.39. The largest absolute Gasteiger partial charge is 0.441 e. The van der Waals surface area contributed by atoms with E-state index >= 15 is 0 Å². The molecule has 2 aliphatic heterocycles. The number of pyridine rings is 1. The fourth-order valence-corrected chi connectivity index (χ4v) is 5.22. The summed E-state index contributed by atoms with van der Waals surface area (Å²) < 4.78 is 5.89. The van der Waals surface area contributed by atoms with Crippen LogP contribution in [0.15, 0.2) is 65.3 Å². The van der Waals surface area contributed by atoms with Crippen molar-refractivity contribution in [1.29, 1.82) is 0 Å². The fourth-order valence-electron chi connectivity index (χ4n) is 5.22. The molecule has 1 aromatic carbocycles. The van der Waals surface area contributed by atoms with E-state index in [0.717, 1.165) is 75.8 Å². The summed E-state index contributed by atoms with van der Waals surface area (Å²) in [7, 11) is 0. The molecular formula is C28H35N5O2. The number of rotatable bonds is 8. The van der Waals surface area contributed by atoms with Gasteiger partial charge in [0.25, 0.3) is 0 Å². The third-order valence-electron chi connectivity index (χ3n) is 7.13. The predicted octanol–water partition coefficient (Wildman–Crippen LogP) is 4.12. The van der Waals surface area contributed by atoms with Gasteiger partial charge >= 0.3 is 0 Å². The van der Waals surface area contributed by atoms with E-state index in [-0.39, 0.29) is 5.91 Å². The molecule has 184 valence electrons. The Bertz CT molecular complexity index is 1060. The number of piperazine rings is 1. The first kappa shape index (κ1) is 23.5. The van der Waals surface area contributed by atoms with Gasteiger partial charge in [-0.2, -0.15) is 0 Å². The number of hydrogen-bond acceptors (Lipinski definition) is 6. The molecule has 0 radical (unpaired) electrons. The van der Waals surface area contributed by atoms with E-state index < -0.39 is 0 Å². The zero-order valence-electron chi connectivity index (χ0n) is 20.4. The SMILES string of the molecule is O=C(CCCc1ncc(-c2ccccc2)o1)N1CCCC(CN2CCN(c3ccccn3)CC2)C1. The van der Waals surface area contributed by atoms with Crippen molar-refractivity contribution in [2.24, 2.45) is 5.92 Å². The van der Waals surface area contributed by atoms with Gasteiger partial charge < -0.3 is 14.2 Å². The lowest BCUT2D eigenvalue weighted by Crippen LogP contribution is -2.50. The van der Waals surface area contributed by atoms with Crippen molar-refractivity contribution >= 4 is 11.7 Å². The highest BCUT2D eigenvalue weighted by Gasteiger charge is 2.26. The number of oxazole rings is 1. The molecular weight excluding hydrogens is 438 g/mol. The van der Waals surface area contributed by atoms with E-state index in [0.29, 0.717) is 24.7 Å². The molecule has 2 aromatic heterocycles. The van der Waals surface area contributed by atoms with Gasteiger partial charge in [0.05, 0.1) is 6.20 Å². The second-order valence-electron chi connectivity index (χ2n) is 9.66. The molecule has 1 atom stereocenters. The number of amides is 1. The Morgan fingerprint density at radius 2 is 1.80 bits per heavy atom. The van der Waals surface area contributed by atoms with Crippen LogP contribution in [-0.4, -0.2) is 71.5 Å². The molecule has 0 N–H and O–H groups in total. The molecule has 5 rings (SSSR count). The molecule has 1 unspecified atom stereocenters. The van der Waals surface area contributed by atoms with Crippen molar-refractivity contribution in [1.82, 2.24) is 19.8 Å². The summed E-state index contributed by atoms with van der Waals surface area (Å²) in [5.41, 5.74) is 1.03. The van der Waals surface area contributed by atoms with Crippen molar-refractivity contribution in [3.63, 3.8) is 0 Å². The van der Waals surface area contributed by atoms with Crippen LogP contribution in [0.2, 0.25) is 0 Å². The van der Waals surface area contributed by atoms with Gasteiger partial charge in [-0.15, -0.1) is 0 Å². The summed E-state index contributed by atoms with van der Waals surface area (Å²) in [5, 5.41) is 0. The van der Waals surface area contributed by atoms with Gasteiger partial charge in [0.1, 0.15) is 5.82 Å². The van der Waals surface area contributed by atoms with Gasteiger partial charge in [0, 0.05) is 70.4 Å². The number of aryl methyl sites for hydroxylation is 1. The summed E-state index contributed by atoms with van der Waals surface area (Å²) in [4.78, 5) is 28.8. The summed E-state index contributed by atoms with van der Waals surface area (Å²) in [6, 6.07) is 16.1. The number of anilines is 1. The second kappa shape index (κ2) is 11.5.